The minimum absolute atomic E-state index is 0.0809. The first-order chi connectivity index (χ1) is 19.1. The van der Waals surface area contributed by atoms with Gasteiger partial charge in [-0.1, -0.05) is 12.1 Å². The summed E-state index contributed by atoms with van der Waals surface area (Å²) in [6.07, 6.45) is -1.28. The molecule has 2 N–H and O–H groups in total. The molecule has 4 heterocycles. The predicted molar refractivity (Wildman–Crippen MR) is 145 cm³/mol. The van der Waals surface area contributed by atoms with Crippen LogP contribution < -0.4 is 10.1 Å². The summed E-state index contributed by atoms with van der Waals surface area (Å²) in [4.78, 5) is 35.4. The van der Waals surface area contributed by atoms with Gasteiger partial charge >= 0.3 is 6.09 Å². The van der Waals surface area contributed by atoms with E-state index in [4.69, 9.17) is 4.74 Å². The SMILES string of the molecule is Cn1nc(-c2cscn2)cc1C(=O)N1C[C@@H]2C(Oc3cc(-c4ccc(F)cc4)cc(C(C)(C)NC(=O)O)n3)[C@@H]2C1. The van der Waals surface area contributed by atoms with E-state index in [1.54, 1.807) is 61.4 Å². The number of carboxylic acid groups (broad SMARTS) is 1. The number of nitrogens with one attached hydrogen (secondary N) is 1. The van der Waals surface area contributed by atoms with Crippen LogP contribution in [0.15, 0.2) is 53.4 Å². The molecule has 40 heavy (non-hydrogen) atoms. The van der Waals surface area contributed by atoms with Gasteiger partial charge in [-0.25, -0.2) is 19.2 Å². The summed E-state index contributed by atoms with van der Waals surface area (Å²) in [5.74, 6) is 0.259. The number of halogens is 1. The Kier molecular flexibility index (Phi) is 6.29. The molecule has 10 nitrogen and oxygen atoms in total. The Balaban J connectivity index is 1.18. The van der Waals surface area contributed by atoms with Crippen molar-refractivity contribution in [2.75, 3.05) is 13.1 Å². The number of aromatic nitrogens is 4. The van der Waals surface area contributed by atoms with Crippen LogP contribution in [0, 0.1) is 17.7 Å². The average Bonchev–Trinajstić information content (AvgIpc) is 3.41. The fraction of sp³-hybridized carbons (Fsp3) is 0.321. The molecule has 206 valence electrons. The maximum Gasteiger partial charge on any atom is 0.405 e. The second-order valence-corrected chi connectivity index (χ2v) is 11.4. The van der Waals surface area contributed by atoms with E-state index in [9.17, 15) is 19.1 Å². The van der Waals surface area contributed by atoms with Crippen LogP contribution in [-0.2, 0) is 12.6 Å². The molecule has 1 aliphatic carbocycles. The zero-order chi connectivity index (χ0) is 28.2. The molecule has 1 aliphatic heterocycles. The van der Waals surface area contributed by atoms with Crippen LogP contribution in [0.2, 0.25) is 0 Å². The summed E-state index contributed by atoms with van der Waals surface area (Å²) in [6, 6.07) is 11.4. The Morgan fingerprint density at radius 1 is 1.10 bits per heavy atom. The third-order valence-electron chi connectivity index (χ3n) is 7.49. The second-order valence-electron chi connectivity index (χ2n) is 10.7. The number of pyridine rings is 1. The van der Waals surface area contributed by atoms with E-state index in [1.165, 1.54) is 23.5 Å². The van der Waals surface area contributed by atoms with Crippen molar-refractivity contribution in [2.24, 2.45) is 18.9 Å². The molecule has 0 radical (unpaired) electrons. The number of likely N-dealkylation sites (tertiary alicyclic amines) is 1. The second kappa shape index (κ2) is 9.70. The lowest BCUT2D eigenvalue weighted by molar-refractivity contribution is 0.0740. The summed E-state index contributed by atoms with van der Waals surface area (Å²) in [6.45, 7) is 4.55. The lowest BCUT2D eigenvalue weighted by atomic mass is 9.96. The van der Waals surface area contributed by atoms with E-state index in [2.05, 4.69) is 20.4 Å². The maximum absolute atomic E-state index is 13.5. The monoisotopic (exact) mass is 562 g/mol. The molecule has 3 aromatic heterocycles. The molecule has 6 rings (SSSR count). The van der Waals surface area contributed by atoms with Gasteiger partial charge in [-0.2, -0.15) is 5.10 Å². The smallest absolute Gasteiger partial charge is 0.405 e. The quantitative estimate of drug-likeness (QED) is 0.342. The van der Waals surface area contributed by atoms with Crippen molar-refractivity contribution >= 4 is 23.3 Å². The number of carbonyl (C=O) groups excluding carboxylic acids is 1. The van der Waals surface area contributed by atoms with Gasteiger partial charge in [0.2, 0.25) is 5.88 Å². The Morgan fingerprint density at radius 3 is 2.48 bits per heavy atom. The van der Waals surface area contributed by atoms with Crippen molar-refractivity contribution in [1.29, 1.82) is 0 Å². The van der Waals surface area contributed by atoms with E-state index in [1.807, 2.05) is 10.3 Å². The number of rotatable bonds is 7. The zero-order valence-corrected chi connectivity index (χ0v) is 22.9. The normalized spacial score (nSPS) is 19.8. The van der Waals surface area contributed by atoms with Crippen molar-refractivity contribution in [2.45, 2.75) is 25.5 Å². The number of piperidine rings is 1. The summed E-state index contributed by atoms with van der Waals surface area (Å²) in [7, 11) is 1.75. The number of thiazole rings is 1. The molecule has 2 aliphatic rings. The molecular formula is C28H27FN6O4S. The first-order valence-corrected chi connectivity index (χ1v) is 13.7. The van der Waals surface area contributed by atoms with Gasteiger partial charge in [-0.05, 0) is 49.2 Å². The highest BCUT2D eigenvalue weighted by molar-refractivity contribution is 7.07. The van der Waals surface area contributed by atoms with E-state index in [-0.39, 0.29) is 29.7 Å². The van der Waals surface area contributed by atoms with Crippen molar-refractivity contribution in [3.8, 4) is 28.4 Å². The van der Waals surface area contributed by atoms with Crippen molar-refractivity contribution in [3.63, 3.8) is 0 Å². The number of hydrogen-bond acceptors (Lipinski definition) is 7. The third kappa shape index (κ3) is 4.90. The number of fused-ring (bicyclic) bond motifs is 1. The van der Waals surface area contributed by atoms with E-state index >= 15 is 0 Å². The van der Waals surface area contributed by atoms with Gasteiger partial charge in [-0.15, -0.1) is 11.3 Å². The van der Waals surface area contributed by atoms with E-state index < -0.39 is 11.6 Å². The molecule has 2 amide bonds. The number of nitrogens with zero attached hydrogens (tertiary/aromatic N) is 5. The molecule has 0 bridgehead atoms. The van der Waals surface area contributed by atoms with E-state index in [0.29, 0.717) is 36.1 Å². The molecule has 4 aromatic rings. The largest absolute Gasteiger partial charge is 0.474 e. The van der Waals surface area contributed by atoms with Gasteiger partial charge in [0.15, 0.2) is 0 Å². The van der Waals surface area contributed by atoms with Gasteiger partial charge in [0.25, 0.3) is 5.91 Å². The molecule has 0 spiro atoms. The van der Waals surface area contributed by atoms with Crippen LogP contribution in [0.3, 0.4) is 0 Å². The lowest BCUT2D eigenvalue weighted by Gasteiger charge is -2.25. The van der Waals surface area contributed by atoms with Crippen LogP contribution in [0.4, 0.5) is 9.18 Å². The Hall–Kier alpha value is -4.32. The average molecular weight is 563 g/mol. The number of ether oxygens (including phenoxy) is 1. The molecule has 12 heteroatoms. The number of hydrogen-bond donors (Lipinski definition) is 2. The molecule has 2 fully saturated rings. The number of benzene rings is 1. The lowest BCUT2D eigenvalue weighted by Crippen LogP contribution is -2.40. The standard InChI is InChI=1S/C28H27FN6O4S/c1-28(2,32-27(37)38)23-8-16(15-4-6-17(29)7-5-15)9-24(31-23)39-25-18-11-35(12-19(18)25)26(36)22-10-20(33-34(22)3)21-13-40-14-30-21/h4-10,13-14,18-19,25,32H,11-12H2,1-3H3,(H,37,38)/t18-,19+,25?. The van der Waals surface area contributed by atoms with Crippen LogP contribution >= 0.6 is 11.3 Å². The minimum Gasteiger partial charge on any atom is -0.474 e. The van der Waals surface area contributed by atoms with Gasteiger partial charge in [0, 0.05) is 43.4 Å². The maximum atomic E-state index is 13.5. The van der Waals surface area contributed by atoms with Crippen LogP contribution in [0.1, 0.15) is 30.0 Å². The summed E-state index contributed by atoms with van der Waals surface area (Å²) in [5, 5.41) is 18.2. The molecular weight excluding hydrogens is 535 g/mol. The Bertz CT molecular complexity index is 1570. The minimum atomic E-state index is -1.17. The molecule has 1 aromatic carbocycles. The molecule has 1 unspecified atom stereocenters. The molecule has 1 saturated heterocycles. The highest BCUT2D eigenvalue weighted by atomic mass is 32.1. The summed E-state index contributed by atoms with van der Waals surface area (Å²) in [5.41, 5.74) is 4.61. The summed E-state index contributed by atoms with van der Waals surface area (Å²) >= 11 is 1.48. The van der Waals surface area contributed by atoms with Crippen LogP contribution in [0.5, 0.6) is 5.88 Å². The number of amides is 2. The highest BCUT2D eigenvalue weighted by Gasteiger charge is 2.59. The zero-order valence-electron chi connectivity index (χ0n) is 22.0. The first kappa shape index (κ1) is 25.9. The topological polar surface area (TPSA) is 122 Å². The van der Waals surface area contributed by atoms with Crippen LogP contribution in [0.25, 0.3) is 22.5 Å². The Labute approximate surface area is 233 Å². The van der Waals surface area contributed by atoms with Gasteiger partial charge in [-0.3, -0.25) is 9.48 Å². The highest BCUT2D eigenvalue weighted by Crippen LogP contribution is 2.48. The summed E-state index contributed by atoms with van der Waals surface area (Å²) < 4.78 is 21.4. The Morgan fingerprint density at radius 2 is 1.82 bits per heavy atom. The first-order valence-electron chi connectivity index (χ1n) is 12.8. The van der Waals surface area contributed by atoms with Gasteiger partial charge < -0.3 is 20.1 Å². The van der Waals surface area contributed by atoms with Crippen LogP contribution in [-0.4, -0.2) is 60.9 Å². The van der Waals surface area contributed by atoms with E-state index in [0.717, 1.165) is 16.8 Å². The fourth-order valence-corrected chi connectivity index (χ4v) is 5.82. The van der Waals surface area contributed by atoms with Crippen molar-refractivity contribution in [1.82, 2.24) is 30.0 Å². The third-order valence-corrected chi connectivity index (χ3v) is 8.08. The van der Waals surface area contributed by atoms with Crippen molar-refractivity contribution < 1.29 is 23.8 Å². The predicted octanol–water partition coefficient (Wildman–Crippen LogP) is 4.40. The van der Waals surface area contributed by atoms with Crippen molar-refractivity contribution in [3.05, 3.63) is 70.6 Å². The molecule has 1 saturated carbocycles. The number of aryl methyl sites for hydroxylation is 1. The van der Waals surface area contributed by atoms with Gasteiger partial charge in [0.1, 0.15) is 29.0 Å². The fourth-order valence-electron chi connectivity index (χ4n) is 5.27. The number of carbonyl (C=O) groups is 2. The van der Waals surface area contributed by atoms with Gasteiger partial charge in [0.05, 0.1) is 16.7 Å². The molecule has 3 atom stereocenters.